The summed E-state index contributed by atoms with van der Waals surface area (Å²) < 4.78 is 0. The molecule has 0 aliphatic rings. The Hall–Kier alpha value is -2.24. The van der Waals surface area contributed by atoms with Crippen LogP contribution in [0.3, 0.4) is 0 Å². The van der Waals surface area contributed by atoms with Crippen molar-refractivity contribution in [2.24, 2.45) is 0 Å². The van der Waals surface area contributed by atoms with Crippen molar-refractivity contribution in [2.75, 3.05) is 24.3 Å². The van der Waals surface area contributed by atoms with Gasteiger partial charge in [-0.1, -0.05) is 13.0 Å². The third kappa shape index (κ3) is 3.88. The molecule has 0 saturated carbocycles. The van der Waals surface area contributed by atoms with E-state index in [0.717, 1.165) is 0 Å². The first-order valence-electron chi connectivity index (χ1n) is 6.47. The Balaban J connectivity index is 3.01. The molecule has 1 rings (SSSR count). The van der Waals surface area contributed by atoms with E-state index in [9.17, 15) is 14.7 Å². The van der Waals surface area contributed by atoms with Gasteiger partial charge in [0.2, 0.25) is 0 Å². The van der Waals surface area contributed by atoms with Gasteiger partial charge in [0.25, 0.3) is 0 Å². The first-order chi connectivity index (χ1) is 9.36. The summed E-state index contributed by atoms with van der Waals surface area (Å²) >= 11 is 0. The highest BCUT2D eigenvalue weighted by Crippen LogP contribution is 2.23. The van der Waals surface area contributed by atoms with Crippen molar-refractivity contribution in [1.82, 2.24) is 4.90 Å². The van der Waals surface area contributed by atoms with Crippen LogP contribution in [-0.4, -0.2) is 42.3 Å². The summed E-state index contributed by atoms with van der Waals surface area (Å²) in [5.41, 5.74) is 1.11. The number of hydrogen-bond donors (Lipinski definition) is 2. The number of amides is 3. The number of nitrogens with one attached hydrogen (secondary N) is 1. The van der Waals surface area contributed by atoms with Crippen LogP contribution in [0.2, 0.25) is 0 Å². The van der Waals surface area contributed by atoms with Crippen LogP contribution >= 0.6 is 0 Å². The van der Waals surface area contributed by atoms with Crippen molar-refractivity contribution >= 4 is 23.5 Å². The number of carbonyl (C=O) groups excluding carboxylic acids is 1. The van der Waals surface area contributed by atoms with E-state index in [-0.39, 0.29) is 12.1 Å². The van der Waals surface area contributed by atoms with Gasteiger partial charge in [-0.2, -0.15) is 0 Å². The van der Waals surface area contributed by atoms with Gasteiger partial charge < -0.3 is 15.3 Å². The highest BCUT2D eigenvalue weighted by atomic mass is 16.4. The first-order valence-corrected chi connectivity index (χ1v) is 6.47. The standard InChI is InChI=1S/C14H21N3O3/c1-5-10(2)17(14(19)20)12-8-6-7-11(9-12)15-13(18)16(3)4/h6-10H,5H2,1-4H3,(H,15,18)(H,19,20). The van der Waals surface area contributed by atoms with Crippen LogP contribution in [0.15, 0.2) is 24.3 Å². The zero-order valence-electron chi connectivity index (χ0n) is 12.3. The molecule has 1 unspecified atom stereocenters. The monoisotopic (exact) mass is 279 g/mol. The number of carbonyl (C=O) groups is 2. The molecule has 2 N–H and O–H groups in total. The number of benzene rings is 1. The van der Waals surface area contributed by atoms with E-state index < -0.39 is 6.09 Å². The van der Waals surface area contributed by atoms with Crippen LogP contribution in [0, 0.1) is 0 Å². The van der Waals surface area contributed by atoms with Gasteiger partial charge >= 0.3 is 12.1 Å². The van der Waals surface area contributed by atoms with Gasteiger partial charge in [0, 0.05) is 31.5 Å². The Kier molecular flexibility index (Phi) is 5.37. The van der Waals surface area contributed by atoms with E-state index in [1.54, 1.807) is 38.4 Å². The number of carboxylic acid groups (broad SMARTS) is 1. The predicted octanol–water partition coefficient (Wildman–Crippen LogP) is 3.06. The molecule has 1 aromatic rings. The molecule has 0 saturated heterocycles. The van der Waals surface area contributed by atoms with Crippen molar-refractivity contribution in [3.8, 4) is 0 Å². The van der Waals surface area contributed by atoms with E-state index in [0.29, 0.717) is 17.8 Å². The van der Waals surface area contributed by atoms with Gasteiger partial charge in [-0.3, -0.25) is 4.90 Å². The summed E-state index contributed by atoms with van der Waals surface area (Å²) in [7, 11) is 3.28. The lowest BCUT2D eigenvalue weighted by atomic mass is 10.2. The van der Waals surface area contributed by atoms with Crippen molar-refractivity contribution in [2.45, 2.75) is 26.3 Å². The molecule has 0 aliphatic heterocycles. The van der Waals surface area contributed by atoms with Gasteiger partial charge in [0.1, 0.15) is 0 Å². The van der Waals surface area contributed by atoms with Crippen LogP contribution in [0.25, 0.3) is 0 Å². The second-order valence-corrected chi connectivity index (χ2v) is 4.78. The normalized spacial score (nSPS) is 11.6. The summed E-state index contributed by atoms with van der Waals surface area (Å²) in [6.45, 7) is 3.78. The number of urea groups is 1. The Bertz CT molecular complexity index is 488. The number of hydrogen-bond acceptors (Lipinski definition) is 2. The predicted molar refractivity (Wildman–Crippen MR) is 79.4 cm³/mol. The zero-order chi connectivity index (χ0) is 15.3. The molecule has 110 valence electrons. The highest BCUT2D eigenvalue weighted by Gasteiger charge is 2.20. The van der Waals surface area contributed by atoms with Crippen LogP contribution in [0.4, 0.5) is 21.0 Å². The molecule has 0 fully saturated rings. The highest BCUT2D eigenvalue weighted by molar-refractivity contribution is 5.91. The minimum absolute atomic E-state index is 0.132. The zero-order valence-corrected chi connectivity index (χ0v) is 12.3. The van der Waals surface area contributed by atoms with Gasteiger partial charge in [-0.15, -0.1) is 0 Å². The van der Waals surface area contributed by atoms with E-state index in [2.05, 4.69) is 5.32 Å². The van der Waals surface area contributed by atoms with Crippen LogP contribution in [0.1, 0.15) is 20.3 Å². The SMILES string of the molecule is CCC(C)N(C(=O)O)c1cccc(NC(=O)N(C)C)c1. The molecule has 1 aromatic carbocycles. The Labute approximate surface area is 119 Å². The molecular formula is C14H21N3O3. The number of anilines is 2. The third-order valence-electron chi connectivity index (χ3n) is 3.02. The molecule has 0 bridgehead atoms. The van der Waals surface area contributed by atoms with Gasteiger partial charge in [-0.25, -0.2) is 9.59 Å². The third-order valence-corrected chi connectivity index (χ3v) is 3.02. The summed E-state index contributed by atoms with van der Waals surface area (Å²) in [4.78, 5) is 25.7. The maximum absolute atomic E-state index is 11.6. The maximum atomic E-state index is 11.6. The lowest BCUT2D eigenvalue weighted by Crippen LogP contribution is -2.37. The second-order valence-electron chi connectivity index (χ2n) is 4.78. The molecule has 1 atom stereocenters. The van der Waals surface area contributed by atoms with Gasteiger partial charge in [0.05, 0.1) is 0 Å². The Morgan fingerprint density at radius 1 is 1.35 bits per heavy atom. The lowest BCUT2D eigenvalue weighted by molar-refractivity contribution is 0.199. The fourth-order valence-electron chi connectivity index (χ4n) is 1.70. The molecule has 0 heterocycles. The summed E-state index contributed by atoms with van der Waals surface area (Å²) in [6.07, 6.45) is -0.295. The minimum Gasteiger partial charge on any atom is -0.465 e. The topological polar surface area (TPSA) is 72.9 Å². The van der Waals surface area contributed by atoms with Crippen LogP contribution in [0.5, 0.6) is 0 Å². The van der Waals surface area contributed by atoms with E-state index in [4.69, 9.17) is 0 Å². The van der Waals surface area contributed by atoms with E-state index in [1.165, 1.54) is 9.80 Å². The summed E-state index contributed by atoms with van der Waals surface area (Å²) in [5, 5.41) is 12.0. The van der Waals surface area contributed by atoms with Gasteiger partial charge in [-0.05, 0) is 31.5 Å². The lowest BCUT2D eigenvalue weighted by Gasteiger charge is -2.26. The van der Waals surface area contributed by atoms with E-state index >= 15 is 0 Å². The van der Waals surface area contributed by atoms with E-state index in [1.807, 2.05) is 13.8 Å². The van der Waals surface area contributed by atoms with Crippen LogP contribution in [-0.2, 0) is 0 Å². The molecule has 6 heteroatoms. The average Bonchev–Trinajstić information content (AvgIpc) is 2.38. The van der Waals surface area contributed by atoms with Crippen molar-refractivity contribution in [3.63, 3.8) is 0 Å². The van der Waals surface area contributed by atoms with Crippen LogP contribution < -0.4 is 10.2 Å². The average molecular weight is 279 g/mol. The molecule has 0 aromatic heterocycles. The maximum Gasteiger partial charge on any atom is 0.412 e. The first kappa shape index (κ1) is 15.8. The molecule has 0 aliphatic carbocycles. The molecule has 6 nitrogen and oxygen atoms in total. The molecule has 0 spiro atoms. The molecule has 0 radical (unpaired) electrons. The van der Waals surface area contributed by atoms with Crippen molar-refractivity contribution < 1.29 is 14.7 Å². The Morgan fingerprint density at radius 3 is 2.50 bits per heavy atom. The molecule has 3 amide bonds. The number of nitrogens with zero attached hydrogens (tertiary/aromatic N) is 2. The second kappa shape index (κ2) is 6.79. The number of rotatable bonds is 4. The minimum atomic E-state index is -1.00. The van der Waals surface area contributed by atoms with Crippen molar-refractivity contribution in [1.29, 1.82) is 0 Å². The summed E-state index contributed by atoms with van der Waals surface area (Å²) in [5.74, 6) is 0. The van der Waals surface area contributed by atoms with Gasteiger partial charge in [0.15, 0.2) is 0 Å². The molecular weight excluding hydrogens is 258 g/mol. The Morgan fingerprint density at radius 2 is 2.00 bits per heavy atom. The smallest absolute Gasteiger partial charge is 0.412 e. The van der Waals surface area contributed by atoms with Crippen molar-refractivity contribution in [3.05, 3.63) is 24.3 Å². The fraction of sp³-hybridized carbons (Fsp3) is 0.429. The quantitative estimate of drug-likeness (QED) is 0.889. The fourth-order valence-corrected chi connectivity index (χ4v) is 1.70. The summed E-state index contributed by atoms with van der Waals surface area (Å²) in [6, 6.07) is 6.42. The largest absolute Gasteiger partial charge is 0.465 e. The molecule has 20 heavy (non-hydrogen) atoms.